The molecule has 0 bridgehead atoms. The molecule has 1 atom stereocenters. The van der Waals surface area contributed by atoms with Crippen LogP contribution in [0.5, 0.6) is 11.5 Å². The Kier molecular flexibility index (Phi) is 6.50. The predicted octanol–water partition coefficient (Wildman–Crippen LogP) is 4.86. The molecule has 3 nitrogen and oxygen atoms in total. The number of ether oxygens (including phenoxy) is 2. The molecule has 2 aromatic carbocycles. The first-order valence-electron chi connectivity index (χ1n) is 7.96. The number of benzene rings is 2. The molecule has 0 radical (unpaired) electrons. The lowest BCUT2D eigenvalue weighted by Crippen LogP contribution is -2.00. The molecule has 1 unspecified atom stereocenters. The van der Waals surface area contributed by atoms with Gasteiger partial charge in [-0.15, -0.1) is 0 Å². The zero-order valence-electron chi connectivity index (χ0n) is 13.8. The molecule has 0 aliphatic carbocycles. The van der Waals surface area contributed by atoms with Crippen molar-refractivity contribution < 1.29 is 9.47 Å². The summed E-state index contributed by atoms with van der Waals surface area (Å²) >= 11 is 0. The second-order valence-electron chi connectivity index (χ2n) is 5.62. The van der Waals surface area contributed by atoms with E-state index < -0.39 is 0 Å². The van der Waals surface area contributed by atoms with E-state index in [1.54, 1.807) is 7.11 Å². The Hall–Kier alpha value is -2.47. The summed E-state index contributed by atoms with van der Waals surface area (Å²) in [6.07, 6.45) is 2.73. The van der Waals surface area contributed by atoms with Crippen LogP contribution in [0.25, 0.3) is 0 Å². The monoisotopic (exact) mass is 309 g/mol. The Morgan fingerprint density at radius 3 is 2.52 bits per heavy atom. The normalized spacial score (nSPS) is 11.5. The second kappa shape index (κ2) is 8.85. The maximum absolute atomic E-state index is 9.38. The van der Waals surface area contributed by atoms with E-state index in [4.69, 9.17) is 9.47 Å². The van der Waals surface area contributed by atoms with Crippen molar-refractivity contribution in [1.82, 2.24) is 0 Å². The maximum Gasteiger partial charge on any atom is 0.119 e. The third-order valence-corrected chi connectivity index (χ3v) is 3.83. The molecule has 0 aliphatic heterocycles. The fourth-order valence-corrected chi connectivity index (χ4v) is 2.44. The average molecular weight is 309 g/mol. The van der Waals surface area contributed by atoms with Crippen LogP contribution >= 0.6 is 0 Å². The minimum Gasteiger partial charge on any atom is -0.497 e. The highest BCUT2D eigenvalue weighted by molar-refractivity contribution is 5.33. The third-order valence-electron chi connectivity index (χ3n) is 3.83. The zero-order valence-corrected chi connectivity index (χ0v) is 13.8. The van der Waals surface area contributed by atoms with Gasteiger partial charge in [-0.2, -0.15) is 5.26 Å². The van der Waals surface area contributed by atoms with E-state index in [9.17, 15) is 5.26 Å². The van der Waals surface area contributed by atoms with Gasteiger partial charge < -0.3 is 9.47 Å². The van der Waals surface area contributed by atoms with Crippen molar-refractivity contribution in [2.75, 3.05) is 13.7 Å². The summed E-state index contributed by atoms with van der Waals surface area (Å²) in [5.74, 6) is 1.61. The minimum atomic E-state index is -0.0931. The Labute approximate surface area is 138 Å². The fourth-order valence-electron chi connectivity index (χ4n) is 2.44. The van der Waals surface area contributed by atoms with E-state index in [0.29, 0.717) is 6.61 Å². The van der Waals surface area contributed by atoms with Crippen LogP contribution in [-0.2, 0) is 0 Å². The highest BCUT2D eigenvalue weighted by Crippen LogP contribution is 2.24. The molecule has 2 aromatic rings. The quantitative estimate of drug-likeness (QED) is 0.654. The summed E-state index contributed by atoms with van der Waals surface area (Å²) in [7, 11) is 1.64. The van der Waals surface area contributed by atoms with Crippen LogP contribution in [0, 0.1) is 18.3 Å². The van der Waals surface area contributed by atoms with E-state index in [0.717, 1.165) is 36.3 Å². The van der Waals surface area contributed by atoms with Gasteiger partial charge in [-0.3, -0.25) is 0 Å². The first-order chi connectivity index (χ1) is 11.2. The molecule has 2 rings (SSSR count). The summed E-state index contributed by atoms with van der Waals surface area (Å²) in [5, 5.41) is 9.38. The molecule has 0 fully saturated rings. The molecule has 0 N–H and O–H groups in total. The van der Waals surface area contributed by atoms with Gasteiger partial charge in [0, 0.05) is 0 Å². The van der Waals surface area contributed by atoms with Crippen LogP contribution in [-0.4, -0.2) is 13.7 Å². The minimum absolute atomic E-state index is 0.0931. The first kappa shape index (κ1) is 16.9. The Morgan fingerprint density at radius 1 is 1.04 bits per heavy atom. The van der Waals surface area contributed by atoms with Gasteiger partial charge in [0.15, 0.2) is 0 Å². The summed E-state index contributed by atoms with van der Waals surface area (Å²) < 4.78 is 10.9. The van der Waals surface area contributed by atoms with Crippen molar-refractivity contribution in [3.63, 3.8) is 0 Å². The van der Waals surface area contributed by atoms with E-state index in [1.807, 2.05) is 48.5 Å². The molecule has 0 aliphatic rings. The lowest BCUT2D eigenvalue weighted by Gasteiger charge is -2.11. The van der Waals surface area contributed by atoms with E-state index in [2.05, 4.69) is 13.0 Å². The van der Waals surface area contributed by atoms with Gasteiger partial charge >= 0.3 is 0 Å². The number of rotatable bonds is 8. The third kappa shape index (κ3) is 5.34. The van der Waals surface area contributed by atoms with E-state index in [-0.39, 0.29) is 5.92 Å². The molecule has 3 heteroatoms. The van der Waals surface area contributed by atoms with Gasteiger partial charge in [-0.05, 0) is 56.0 Å². The molecule has 0 saturated heterocycles. The summed E-state index contributed by atoms with van der Waals surface area (Å²) in [6.45, 7) is 2.74. The molecule has 0 aromatic heterocycles. The standard InChI is InChI=1S/C20H23NO2/c1-16-9-11-19(12-10-16)23-13-4-3-6-18(15-21)17-7-5-8-20(14-17)22-2/h5,7-12,14,18H,3-4,6,13H2,1-2H3. The summed E-state index contributed by atoms with van der Waals surface area (Å²) in [5.41, 5.74) is 2.25. The van der Waals surface area contributed by atoms with Crippen molar-refractivity contribution in [1.29, 1.82) is 5.26 Å². The van der Waals surface area contributed by atoms with Crippen molar-refractivity contribution in [3.8, 4) is 17.6 Å². The predicted molar refractivity (Wildman–Crippen MR) is 91.9 cm³/mol. The lowest BCUT2D eigenvalue weighted by molar-refractivity contribution is 0.304. The first-order valence-corrected chi connectivity index (χ1v) is 7.96. The van der Waals surface area contributed by atoms with Crippen LogP contribution in [0.4, 0.5) is 0 Å². The maximum atomic E-state index is 9.38. The van der Waals surface area contributed by atoms with Crippen molar-refractivity contribution in [2.45, 2.75) is 32.1 Å². The Morgan fingerprint density at radius 2 is 1.83 bits per heavy atom. The average Bonchev–Trinajstić information content (AvgIpc) is 2.59. The van der Waals surface area contributed by atoms with Crippen LogP contribution in [0.3, 0.4) is 0 Å². The van der Waals surface area contributed by atoms with Gasteiger partial charge in [0.25, 0.3) is 0 Å². The van der Waals surface area contributed by atoms with Crippen LogP contribution in [0.1, 0.15) is 36.3 Å². The highest BCUT2D eigenvalue weighted by atomic mass is 16.5. The molecule has 0 spiro atoms. The van der Waals surface area contributed by atoms with Crippen molar-refractivity contribution >= 4 is 0 Å². The van der Waals surface area contributed by atoms with Gasteiger partial charge in [0.1, 0.15) is 11.5 Å². The van der Waals surface area contributed by atoms with Crippen LogP contribution in [0.2, 0.25) is 0 Å². The van der Waals surface area contributed by atoms with Crippen molar-refractivity contribution in [2.24, 2.45) is 0 Å². The number of nitriles is 1. The fraction of sp³-hybridized carbons (Fsp3) is 0.350. The number of hydrogen-bond acceptors (Lipinski definition) is 3. The smallest absolute Gasteiger partial charge is 0.119 e. The van der Waals surface area contributed by atoms with Gasteiger partial charge in [0.2, 0.25) is 0 Å². The highest BCUT2D eigenvalue weighted by Gasteiger charge is 2.11. The number of nitrogens with zero attached hydrogens (tertiary/aromatic N) is 1. The number of methoxy groups -OCH3 is 1. The van der Waals surface area contributed by atoms with Gasteiger partial charge in [-0.25, -0.2) is 0 Å². The number of unbranched alkanes of at least 4 members (excludes halogenated alkanes) is 1. The van der Waals surface area contributed by atoms with Crippen molar-refractivity contribution in [3.05, 3.63) is 59.7 Å². The molecule has 23 heavy (non-hydrogen) atoms. The second-order valence-corrected chi connectivity index (χ2v) is 5.62. The molecule has 0 heterocycles. The lowest BCUT2D eigenvalue weighted by atomic mass is 9.95. The largest absolute Gasteiger partial charge is 0.497 e. The van der Waals surface area contributed by atoms with Crippen LogP contribution in [0.15, 0.2) is 48.5 Å². The summed E-state index contributed by atoms with van der Waals surface area (Å²) in [4.78, 5) is 0. The van der Waals surface area contributed by atoms with Gasteiger partial charge in [-0.1, -0.05) is 29.8 Å². The number of hydrogen-bond donors (Lipinski definition) is 0. The van der Waals surface area contributed by atoms with E-state index >= 15 is 0 Å². The summed E-state index contributed by atoms with van der Waals surface area (Å²) in [6, 6.07) is 18.2. The zero-order chi connectivity index (χ0) is 16.5. The molecular weight excluding hydrogens is 286 g/mol. The number of aryl methyl sites for hydroxylation is 1. The molecule has 0 amide bonds. The topological polar surface area (TPSA) is 42.2 Å². The Balaban J connectivity index is 1.75. The van der Waals surface area contributed by atoms with E-state index in [1.165, 1.54) is 5.56 Å². The molecule has 120 valence electrons. The molecular formula is C20H23NO2. The van der Waals surface area contributed by atoms with Gasteiger partial charge in [0.05, 0.1) is 25.7 Å². The van der Waals surface area contributed by atoms with Crippen LogP contribution < -0.4 is 9.47 Å². The Bertz CT molecular complexity index is 643. The molecule has 0 saturated carbocycles. The SMILES string of the molecule is COc1cccc(C(C#N)CCCCOc2ccc(C)cc2)c1.